The number of nitrogens with zero attached hydrogens (tertiary/aromatic N) is 2. The summed E-state index contributed by atoms with van der Waals surface area (Å²) >= 11 is 0. The fraction of sp³-hybridized carbons (Fsp3) is 0.409. The van der Waals surface area contributed by atoms with Crippen molar-refractivity contribution in [3.05, 3.63) is 71.5 Å². The summed E-state index contributed by atoms with van der Waals surface area (Å²) in [5, 5.41) is 3.31. The predicted molar refractivity (Wildman–Crippen MR) is 113 cm³/mol. The monoisotopic (exact) mass is 405 g/mol. The van der Waals surface area contributed by atoms with Gasteiger partial charge in [-0.05, 0) is 49.7 Å². The van der Waals surface area contributed by atoms with Crippen molar-refractivity contribution in [1.82, 2.24) is 15.1 Å². The quantitative estimate of drug-likeness (QED) is 0.799. The maximum absolute atomic E-state index is 13.4. The van der Waals surface area contributed by atoms with E-state index >= 15 is 0 Å². The van der Waals surface area contributed by atoms with Gasteiger partial charge in [-0.2, -0.15) is 0 Å². The van der Waals surface area contributed by atoms with Gasteiger partial charge in [-0.25, -0.2) is 4.39 Å². The van der Waals surface area contributed by atoms with E-state index in [9.17, 15) is 9.18 Å². The zero-order valence-corrected chi connectivity index (χ0v) is 17.3. The number of halogens is 2. The number of hydrogen-bond acceptors (Lipinski definition) is 3. The van der Waals surface area contributed by atoms with Crippen molar-refractivity contribution in [3.8, 4) is 0 Å². The minimum atomic E-state index is -0.272. The molecule has 6 heteroatoms. The number of carbonyl (C=O) groups excluding carboxylic acids is 1. The molecule has 1 N–H and O–H groups in total. The molecule has 2 aromatic carbocycles. The molecule has 1 fully saturated rings. The molecule has 2 aromatic rings. The smallest absolute Gasteiger partial charge is 0.237 e. The van der Waals surface area contributed by atoms with E-state index in [1.807, 2.05) is 44.4 Å². The van der Waals surface area contributed by atoms with Gasteiger partial charge in [0.05, 0.1) is 12.6 Å². The van der Waals surface area contributed by atoms with Crippen molar-refractivity contribution in [2.45, 2.75) is 24.9 Å². The van der Waals surface area contributed by atoms with E-state index in [0.29, 0.717) is 12.6 Å². The summed E-state index contributed by atoms with van der Waals surface area (Å²) in [6.45, 7) is 2.24. The largest absolute Gasteiger partial charge is 0.334 e. The van der Waals surface area contributed by atoms with E-state index in [2.05, 4.69) is 10.2 Å². The van der Waals surface area contributed by atoms with Crippen molar-refractivity contribution in [3.63, 3.8) is 0 Å². The molecule has 3 rings (SSSR count). The zero-order valence-electron chi connectivity index (χ0n) is 16.5. The highest BCUT2D eigenvalue weighted by Crippen LogP contribution is 2.28. The molecule has 0 aromatic heterocycles. The Hall–Kier alpha value is -1.95. The second kappa shape index (κ2) is 10.6. The fourth-order valence-electron chi connectivity index (χ4n) is 3.80. The molecule has 0 aliphatic carbocycles. The van der Waals surface area contributed by atoms with Gasteiger partial charge in [0.2, 0.25) is 5.91 Å². The molecule has 1 aliphatic rings. The third-order valence-corrected chi connectivity index (χ3v) is 5.35. The number of likely N-dealkylation sites (tertiary alicyclic amines) is 1. The summed E-state index contributed by atoms with van der Waals surface area (Å²) in [7, 11) is 3.81. The van der Waals surface area contributed by atoms with E-state index in [4.69, 9.17) is 0 Å². The van der Waals surface area contributed by atoms with Crippen molar-refractivity contribution in [2.75, 3.05) is 33.7 Å². The molecule has 0 spiro atoms. The lowest BCUT2D eigenvalue weighted by Gasteiger charge is -2.35. The minimum Gasteiger partial charge on any atom is -0.334 e. The van der Waals surface area contributed by atoms with Crippen LogP contribution >= 0.6 is 12.4 Å². The maximum atomic E-state index is 13.4. The Labute approximate surface area is 173 Å². The molecular weight excluding hydrogens is 377 g/mol. The van der Waals surface area contributed by atoms with Crippen LogP contribution in [-0.2, 0) is 4.79 Å². The van der Waals surface area contributed by atoms with Crippen molar-refractivity contribution in [1.29, 1.82) is 0 Å². The maximum Gasteiger partial charge on any atom is 0.237 e. The van der Waals surface area contributed by atoms with Crippen LogP contribution in [0.4, 0.5) is 4.39 Å². The number of benzene rings is 2. The van der Waals surface area contributed by atoms with Crippen molar-refractivity contribution in [2.24, 2.45) is 0 Å². The van der Waals surface area contributed by atoms with Crippen LogP contribution in [0.2, 0.25) is 0 Å². The lowest BCUT2D eigenvalue weighted by atomic mass is 9.97. The van der Waals surface area contributed by atoms with Crippen LogP contribution in [0.5, 0.6) is 0 Å². The number of nitrogens with one attached hydrogen (secondary N) is 1. The van der Waals surface area contributed by atoms with Gasteiger partial charge in [-0.15, -0.1) is 12.4 Å². The number of hydrogen-bond donors (Lipinski definition) is 1. The van der Waals surface area contributed by atoms with Gasteiger partial charge in [0, 0.05) is 19.6 Å². The van der Waals surface area contributed by atoms with Crippen LogP contribution in [-0.4, -0.2) is 55.5 Å². The number of likely N-dealkylation sites (N-methyl/N-ethyl adjacent to an activating group) is 2. The van der Waals surface area contributed by atoms with Gasteiger partial charge in [0.25, 0.3) is 0 Å². The van der Waals surface area contributed by atoms with Crippen LogP contribution in [0.1, 0.15) is 30.0 Å². The van der Waals surface area contributed by atoms with Crippen LogP contribution in [0.15, 0.2) is 54.6 Å². The highest BCUT2D eigenvalue weighted by molar-refractivity contribution is 5.85. The summed E-state index contributed by atoms with van der Waals surface area (Å²) in [6, 6.07) is 16.5. The van der Waals surface area contributed by atoms with E-state index < -0.39 is 0 Å². The predicted octanol–water partition coefficient (Wildman–Crippen LogP) is 3.48. The summed E-state index contributed by atoms with van der Waals surface area (Å²) in [4.78, 5) is 17.1. The van der Waals surface area contributed by atoms with Crippen molar-refractivity contribution >= 4 is 18.3 Å². The first-order chi connectivity index (χ1) is 13.1. The summed E-state index contributed by atoms with van der Waals surface area (Å²) in [5.74, 6) is -0.198. The average molecular weight is 406 g/mol. The summed E-state index contributed by atoms with van der Waals surface area (Å²) in [5.41, 5.74) is 1.93. The molecule has 2 unspecified atom stereocenters. The Balaban J connectivity index is 0.00000280. The highest BCUT2D eigenvalue weighted by Gasteiger charge is 2.26. The Morgan fingerprint density at radius 3 is 2.46 bits per heavy atom. The fourth-order valence-corrected chi connectivity index (χ4v) is 3.80. The Morgan fingerprint density at radius 1 is 1.18 bits per heavy atom. The van der Waals surface area contributed by atoms with Gasteiger partial charge < -0.3 is 10.2 Å². The first-order valence-electron chi connectivity index (χ1n) is 9.54. The van der Waals surface area contributed by atoms with Gasteiger partial charge in [0.1, 0.15) is 5.82 Å². The van der Waals surface area contributed by atoms with E-state index in [1.165, 1.54) is 12.1 Å². The second-order valence-electron chi connectivity index (χ2n) is 7.23. The number of carbonyl (C=O) groups is 1. The second-order valence-corrected chi connectivity index (χ2v) is 7.23. The normalized spacial score (nSPS) is 18.2. The standard InChI is InChI=1S/C22H28FN3O.ClH/c1-24-20-9-6-14-26(15-20)16-21(27)25(2)22(17-7-4-3-5-8-17)18-10-12-19(23)13-11-18;/h3-5,7-8,10-13,20,22,24H,6,9,14-16H2,1-2H3;1H. The minimum absolute atomic E-state index is 0. The van der Waals surface area contributed by atoms with E-state index in [1.54, 1.807) is 17.0 Å². The van der Waals surface area contributed by atoms with Gasteiger partial charge in [-0.1, -0.05) is 42.5 Å². The molecule has 1 saturated heterocycles. The number of rotatable bonds is 6. The van der Waals surface area contributed by atoms with Gasteiger partial charge in [0.15, 0.2) is 0 Å². The zero-order chi connectivity index (χ0) is 19.2. The molecule has 0 saturated carbocycles. The number of piperidine rings is 1. The highest BCUT2D eigenvalue weighted by atomic mass is 35.5. The first kappa shape index (κ1) is 22.3. The molecule has 2 atom stereocenters. The molecule has 152 valence electrons. The molecule has 1 aliphatic heterocycles. The van der Waals surface area contributed by atoms with Crippen LogP contribution < -0.4 is 5.32 Å². The molecule has 1 amide bonds. The third kappa shape index (κ3) is 5.53. The number of amides is 1. The Bertz CT molecular complexity index is 741. The first-order valence-corrected chi connectivity index (χ1v) is 9.54. The molecule has 28 heavy (non-hydrogen) atoms. The Kier molecular flexibility index (Phi) is 8.42. The lowest BCUT2D eigenvalue weighted by molar-refractivity contribution is -0.133. The van der Waals surface area contributed by atoms with Crippen LogP contribution in [0.3, 0.4) is 0 Å². The van der Waals surface area contributed by atoms with Crippen LogP contribution in [0, 0.1) is 5.82 Å². The van der Waals surface area contributed by atoms with E-state index in [-0.39, 0.29) is 30.2 Å². The summed E-state index contributed by atoms with van der Waals surface area (Å²) in [6.07, 6.45) is 2.25. The SMILES string of the molecule is CNC1CCCN(CC(=O)N(C)C(c2ccccc2)c2ccc(F)cc2)C1.Cl. The molecular formula is C22H29ClFN3O. The van der Waals surface area contributed by atoms with Gasteiger partial charge >= 0.3 is 0 Å². The third-order valence-electron chi connectivity index (χ3n) is 5.35. The summed E-state index contributed by atoms with van der Waals surface area (Å²) < 4.78 is 13.4. The van der Waals surface area contributed by atoms with Gasteiger partial charge in [-0.3, -0.25) is 9.69 Å². The lowest BCUT2D eigenvalue weighted by Crippen LogP contribution is -2.48. The van der Waals surface area contributed by atoms with Crippen LogP contribution in [0.25, 0.3) is 0 Å². The topological polar surface area (TPSA) is 35.6 Å². The molecule has 4 nitrogen and oxygen atoms in total. The van der Waals surface area contributed by atoms with E-state index in [0.717, 1.165) is 37.1 Å². The molecule has 1 heterocycles. The Morgan fingerprint density at radius 2 is 1.82 bits per heavy atom. The average Bonchev–Trinajstić information content (AvgIpc) is 2.70. The molecule has 0 radical (unpaired) electrons. The molecule has 0 bridgehead atoms. The van der Waals surface area contributed by atoms with Crippen molar-refractivity contribution < 1.29 is 9.18 Å².